The number of hydrogen-bond acceptors (Lipinski definition) is 4. The molecule has 0 radical (unpaired) electrons. The number of morpholine rings is 1. The van der Waals surface area contributed by atoms with Gasteiger partial charge in [0.2, 0.25) is 0 Å². The Labute approximate surface area is 158 Å². The van der Waals surface area contributed by atoms with E-state index in [-0.39, 0.29) is 24.0 Å². The number of nitrogens with one attached hydrogen (secondary N) is 1. The fourth-order valence-corrected chi connectivity index (χ4v) is 3.34. The molecule has 2 fully saturated rings. The Bertz CT molecular complexity index is 364. The average Bonchev–Trinajstić information content (AvgIpc) is 3.01. The van der Waals surface area contributed by atoms with E-state index in [9.17, 15) is 0 Å². The minimum atomic E-state index is 0. The molecule has 2 aliphatic heterocycles. The first-order chi connectivity index (χ1) is 10.6. The van der Waals surface area contributed by atoms with Crippen LogP contribution in [0.25, 0.3) is 0 Å². The van der Waals surface area contributed by atoms with Crippen LogP contribution in [-0.2, 0) is 9.47 Å². The third-order valence-electron chi connectivity index (χ3n) is 4.67. The lowest BCUT2D eigenvalue weighted by Gasteiger charge is -2.38. The fraction of sp³-hybridized carbons (Fsp3) is 0.938. The molecule has 2 rings (SSSR count). The largest absolute Gasteiger partial charge is 0.381 e. The van der Waals surface area contributed by atoms with Gasteiger partial charge in [0.25, 0.3) is 0 Å². The van der Waals surface area contributed by atoms with Crippen LogP contribution in [0.1, 0.15) is 20.3 Å². The molecule has 0 aromatic rings. The lowest BCUT2D eigenvalue weighted by atomic mass is 10.1. The first-order valence-corrected chi connectivity index (χ1v) is 8.44. The summed E-state index contributed by atoms with van der Waals surface area (Å²) in [5.74, 6) is 1.60. The minimum Gasteiger partial charge on any atom is -0.381 e. The van der Waals surface area contributed by atoms with Crippen molar-refractivity contribution in [2.24, 2.45) is 10.9 Å². The van der Waals surface area contributed by atoms with E-state index in [0.717, 1.165) is 58.4 Å². The van der Waals surface area contributed by atoms with Crippen LogP contribution in [-0.4, -0.2) is 88.0 Å². The molecule has 23 heavy (non-hydrogen) atoms. The van der Waals surface area contributed by atoms with E-state index in [1.165, 1.54) is 0 Å². The van der Waals surface area contributed by atoms with Gasteiger partial charge in [-0.3, -0.25) is 9.89 Å². The van der Waals surface area contributed by atoms with Crippen LogP contribution in [0.2, 0.25) is 0 Å². The molecule has 2 saturated heterocycles. The molecule has 0 saturated carbocycles. The van der Waals surface area contributed by atoms with Crippen molar-refractivity contribution in [2.45, 2.75) is 32.4 Å². The monoisotopic (exact) mass is 440 g/mol. The molecule has 136 valence electrons. The van der Waals surface area contributed by atoms with Gasteiger partial charge in [-0.25, -0.2) is 0 Å². The molecule has 1 N–H and O–H groups in total. The first kappa shape index (κ1) is 20.9. The third kappa shape index (κ3) is 6.36. The summed E-state index contributed by atoms with van der Waals surface area (Å²) in [5, 5.41) is 3.51. The van der Waals surface area contributed by atoms with Gasteiger partial charge in [-0.1, -0.05) is 0 Å². The smallest absolute Gasteiger partial charge is 0.193 e. The lowest BCUT2D eigenvalue weighted by molar-refractivity contribution is -0.0175. The van der Waals surface area contributed by atoms with Gasteiger partial charge in [-0.15, -0.1) is 24.0 Å². The predicted molar refractivity (Wildman–Crippen MR) is 105 cm³/mol. The second-order valence-corrected chi connectivity index (χ2v) is 6.55. The molecular formula is C16H33IN4O2. The molecule has 2 heterocycles. The Hall–Kier alpha value is -0.120. The lowest BCUT2D eigenvalue weighted by Crippen LogP contribution is -2.53. The maximum Gasteiger partial charge on any atom is 0.193 e. The molecular weight excluding hydrogens is 407 g/mol. The van der Waals surface area contributed by atoms with Crippen molar-refractivity contribution < 1.29 is 9.47 Å². The Morgan fingerprint density at radius 2 is 2.09 bits per heavy atom. The number of halogens is 1. The highest BCUT2D eigenvalue weighted by atomic mass is 127. The van der Waals surface area contributed by atoms with Gasteiger partial charge in [-0.05, 0) is 20.3 Å². The van der Waals surface area contributed by atoms with E-state index in [2.05, 4.69) is 41.0 Å². The SMILES string of the molecule is CN=C(NCC(C)N1CCOCC1C)N(C)CC1CCOC1.I. The van der Waals surface area contributed by atoms with E-state index in [4.69, 9.17) is 9.47 Å². The molecule has 0 aliphatic carbocycles. The molecule has 6 nitrogen and oxygen atoms in total. The maximum absolute atomic E-state index is 5.52. The molecule has 2 aliphatic rings. The summed E-state index contributed by atoms with van der Waals surface area (Å²) in [5.41, 5.74) is 0. The van der Waals surface area contributed by atoms with Crippen molar-refractivity contribution in [1.29, 1.82) is 0 Å². The summed E-state index contributed by atoms with van der Waals surface area (Å²) < 4.78 is 11.0. The molecule has 0 amide bonds. The van der Waals surface area contributed by atoms with Gasteiger partial charge in [0, 0.05) is 58.3 Å². The maximum atomic E-state index is 5.52. The number of guanidine groups is 1. The van der Waals surface area contributed by atoms with Crippen LogP contribution in [0.15, 0.2) is 4.99 Å². The molecule has 7 heteroatoms. The van der Waals surface area contributed by atoms with Crippen molar-refractivity contribution in [3.63, 3.8) is 0 Å². The van der Waals surface area contributed by atoms with E-state index < -0.39 is 0 Å². The summed E-state index contributed by atoms with van der Waals surface area (Å²) in [6.07, 6.45) is 1.16. The van der Waals surface area contributed by atoms with Crippen LogP contribution >= 0.6 is 24.0 Å². The van der Waals surface area contributed by atoms with Gasteiger partial charge in [0.15, 0.2) is 5.96 Å². The first-order valence-electron chi connectivity index (χ1n) is 8.44. The zero-order valence-corrected chi connectivity index (χ0v) is 17.3. The number of hydrogen-bond donors (Lipinski definition) is 1. The second-order valence-electron chi connectivity index (χ2n) is 6.55. The van der Waals surface area contributed by atoms with Crippen LogP contribution in [0, 0.1) is 5.92 Å². The van der Waals surface area contributed by atoms with E-state index in [0.29, 0.717) is 18.0 Å². The van der Waals surface area contributed by atoms with Gasteiger partial charge < -0.3 is 19.7 Å². The van der Waals surface area contributed by atoms with E-state index in [1.54, 1.807) is 0 Å². The topological polar surface area (TPSA) is 49.3 Å². The minimum absolute atomic E-state index is 0. The van der Waals surface area contributed by atoms with E-state index >= 15 is 0 Å². The van der Waals surface area contributed by atoms with Crippen molar-refractivity contribution in [2.75, 3.05) is 60.2 Å². The molecule has 3 atom stereocenters. The van der Waals surface area contributed by atoms with Crippen molar-refractivity contribution >= 4 is 29.9 Å². The van der Waals surface area contributed by atoms with E-state index in [1.807, 2.05) is 7.05 Å². The average molecular weight is 440 g/mol. The van der Waals surface area contributed by atoms with Gasteiger partial charge >= 0.3 is 0 Å². The van der Waals surface area contributed by atoms with Crippen LogP contribution in [0.4, 0.5) is 0 Å². The standard InChI is InChI=1S/C16H32N4O2.HI/c1-13(20-6-8-22-11-14(20)2)9-18-16(17-3)19(4)10-15-5-7-21-12-15;/h13-15H,5-12H2,1-4H3,(H,17,18);1H. The fourth-order valence-electron chi connectivity index (χ4n) is 3.34. The van der Waals surface area contributed by atoms with Crippen LogP contribution in [0.3, 0.4) is 0 Å². The highest BCUT2D eigenvalue weighted by molar-refractivity contribution is 14.0. The summed E-state index contributed by atoms with van der Waals surface area (Å²) >= 11 is 0. The normalized spacial score (nSPS) is 27.4. The molecule has 0 aromatic carbocycles. The summed E-state index contributed by atoms with van der Waals surface area (Å²) in [6.45, 7) is 10.9. The highest BCUT2D eigenvalue weighted by Crippen LogP contribution is 2.13. The predicted octanol–water partition coefficient (Wildman–Crippen LogP) is 1.26. The number of aliphatic imine (C=N–C) groups is 1. The third-order valence-corrected chi connectivity index (χ3v) is 4.67. The molecule has 0 bridgehead atoms. The molecule has 3 unspecified atom stereocenters. The molecule has 0 spiro atoms. The Morgan fingerprint density at radius 3 is 2.70 bits per heavy atom. The highest BCUT2D eigenvalue weighted by Gasteiger charge is 2.24. The van der Waals surface area contributed by atoms with Gasteiger partial charge in [-0.2, -0.15) is 0 Å². The van der Waals surface area contributed by atoms with Crippen molar-refractivity contribution in [3.8, 4) is 0 Å². The zero-order valence-electron chi connectivity index (χ0n) is 15.0. The van der Waals surface area contributed by atoms with Crippen LogP contribution in [0.5, 0.6) is 0 Å². The number of nitrogens with zero attached hydrogens (tertiary/aromatic N) is 3. The summed E-state index contributed by atoms with van der Waals surface area (Å²) in [6, 6.07) is 0.958. The molecule has 0 aromatic heterocycles. The Morgan fingerprint density at radius 1 is 1.35 bits per heavy atom. The quantitative estimate of drug-likeness (QED) is 0.397. The van der Waals surface area contributed by atoms with Crippen LogP contribution < -0.4 is 5.32 Å². The Balaban J connectivity index is 0.00000264. The number of ether oxygens (including phenoxy) is 2. The zero-order chi connectivity index (χ0) is 15.9. The van der Waals surface area contributed by atoms with Gasteiger partial charge in [0.1, 0.15) is 0 Å². The van der Waals surface area contributed by atoms with Crippen molar-refractivity contribution in [3.05, 3.63) is 0 Å². The van der Waals surface area contributed by atoms with Crippen molar-refractivity contribution in [1.82, 2.24) is 15.1 Å². The number of rotatable bonds is 5. The van der Waals surface area contributed by atoms with Gasteiger partial charge in [0.05, 0.1) is 19.8 Å². The summed E-state index contributed by atoms with van der Waals surface area (Å²) in [7, 11) is 3.96. The second kappa shape index (κ2) is 10.7. The Kier molecular flexibility index (Phi) is 9.72. The summed E-state index contributed by atoms with van der Waals surface area (Å²) in [4.78, 5) is 9.14.